The molecule has 37 heavy (non-hydrogen) atoms. The molecule has 1 aliphatic heterocycles. The number of aromatic nitrogens is 1. The van der Waals surface area contributed by atoms with Crippen LogP contribution in [0.1, 0.15) is 28.8 Å². The highest BCUT2D eigenvalue weighted by molar-refractivity contribution is 6.11. The lowest BCUT2D eigenvalue weighted by atomic mass is 9.98. The van der Waals surface area contributed by atoms with Gasteiger partial charge in [0.2, 0.25) is 0 Å². The molecule has 1 atom stereocenters. The fourth-order valence-electron chi connectivity index (χ4n) is 4.06. The number of amides is 1. The van der Waals surface area contributed by atoms with E-state index in [4.69, 9.17) is 4.74 Å². The van der Waals surface area contributed by atoms with Crippen molar-refractivity contribution in [1.82, 2.24) is 10.3 Å². The summed E-state index contributed by atoms with van der Waals surface area (Å²) >= 11 is 0. The molecule has 1 aromatic heterocycles. The number of carbonyl (C=O) groups is 1. The molecule has 0 radical (unpaired) electrons. The summed E-state index contributed by atoms with van der Waals surface area (Å²) < 4.78 is 19.3. The molecule has 1 amide bonds. The van der Waals surface area contributed by atoms with Crippen LogP contribution in [0.4, 0.5) is 21.5 Å². The molecule has 2 heterocycles. The topological polar surface area (TPSA) is 134 Å². The van der Waals surface area contributed by atoms with Gasteiger partial charge in [0.05, 0.1) is 28.8 Å². The van der Waals surface area contributed by atoms with E-state index >= 15 is 0 Å². The molecular formula is C26H23FN6O4. The van der Waals surface area contributed by atoms with Crippen molar-refractivity contribution in [1.29, 1.82) is 5.26 Å². The number of aliphatic imine (C=N–C) groups is 1. The summed E-state index contributed by atoms with van der Waals surface area (Å²) in [6.07, 6.45) is 6.30. The van der Waals surface area contributed by atoms with E-state index in [0.29, 0.717) is 5.56 Å². The highest BCUT2D eigenvalue weighted by atomic mass is 19.1. The van der Waals surface area contributed by atoms with Gasteiger partial charge in [-0.05, 0) is 37.6 Å². The third kappa shape index (κ3) is 5.44. The van der Waals surface area contributed by atoms with Crippen LogP contribution in [-0.2, 0) is 0 Å². The molecule has 10 nitrogen and oxygen atoms in total. The fraction of sp³-hybridized carbons (Fsp3) is 0.231. The van der Waals surface area contributed by atoms with Crippen molar-refractivity contribution >= 4 is 29.2 Å². The number of methoxy groups -OCH3 is 1. The van der Waals surface area contributed by atoms with Gasteiger partial charge in [0.15, 0.2) is 11.6 Å². The smallest absolute Gasteiger partial charge is 0.271 e. The van der Waals surface area contributed by atoms with E-state index in [2.05, 4.69) is 15.3 Å². The average molecular weight is 503 g/mol. The molecule has 0 spiro atoms. The Kier molecular flexibility index (Phi) is 7.50. The van der Waals surface area contributed by atoms with Gasteiger partial charge in [-0.25, -0.2) is 4.39 Å². The lowest BCUT2D eigenvalue weighted by Gasteiger charge is -2.20. The minimum absolute atomic E-state index is 0.0152. The van der Waals surface area contributed by atoms with Crippen LogP contribution < -0.4 is 15.0 Å². The number of halogens is 1. The molecule has 2 aromatic carbocycles. The summed E-state index contributed by atoms with van der Waals surface area (Å²) in [5, 5.41) is 24.4. The van der Waals surface area contributed by atoms with Gasteiger partial charge in [0.25, 0.3) is 11.6 Å². The predicted octanol–water partition coefficient (Wildman–Crippen LogP) is 4.41. The molecule has 0 saturated carbocycles. The lowest BCUT2D eigenvalue weighted by molar-refractivity contribution is -0.384. The standard InChI is InChI=1S/C26H23FN6O4/c1-32(19-5-6-24(37-2)23(27)11-19)26(34)22-10-20(33(35)36)9-21(17-8-16(12-28)13-29-14-17)25(22)31-15-18-4-3-7-30-18/h5-6,8-11,13-15,18,30H,3-4,7H2,1-2H3/b31-15+. The minimum Gasteiger partial charge on any atom is -0.494 e. The molecule has 0 bridgehead atoms. The van der Waals surface area contributed by atoms with Crippen molar-refractivity contribution in [3.63, 3.8) is 0 Å². The van der Waals surface area contributed by atoms with Gasteiger partial charge in [0, 0.05) is 66.7 Å². The van der Waals surface area contributed by atoms with Crippen LogP contribution in [0.2, 0.25) is 0 Å². The fourth-order valence-corrected chi connectivity index (χ4v) is 4.06. The van der Waals surface area contributed by atoms with E-state index in [0.717, 1.165) is 31.5 Å². The van der Waals surface area contributed by atoms with E-state index in [1.807, 2.05) is 6.07 Å². The Balaban J connectivity index is 1.90. The molecule has 3 aromatic rings. The number of rotatable bonds is 7. The number of anilines is 1. The predicted molar refractivity (Wildman–Crippen MR) is 136 cm³/mol. The third-order valence-electron chi connectivity index (χ3n) is 6.02. The number of nitrogens with zero attached hydrogens (tertiary/aromatic N) is 5. The monoisotopic (exact) mass is 502 g/mol. The Bertz CT molecular complexity index is 1430. The molecule has 1 unspecified atom stereocenters. The van der Waals surface area contributed by atoms with Crippen LogP contribution in [0, 0.1) is 27.3 Å². The van der Waals surface area contributed by atoms with Crippen molar-refractivity contribution in [2.24, 2.45) is 4.99 Å². The first-order valence-corrected chi connectivity index (χ1v) is 11.4. The second-order valence-corrected chi connectivity index (χ2v) is 8.38. The van der Waals surface area contributed by atoms with Gasteiger partial charge in [-0.1, -0.05) is 0 Å². The van der Waals surface area contributed by atoms with Gasteiger partial charge in [-0.3, -0.25) is 24.9 Å². The zero-order chi connectivity index (χ0) is 26.5. The first-order valence-electron chi connectivity index (χ1n) is 11.4. The van der Waals surface area contributed by atoms with Gasteiger partial charge < -0.3 is 15.0 Å². The molecule has 1 saturated heterocycles. The van der Waals surface area contributed by atoms with Crippen LogP contribution >= 0.6 is 0 Å². The number of ether oxygens (including phenoxy) is 1. The maximum atomic E-state index is 14.4. The van der Waals surface area contributed by atoms with Crippen molar-refractivity contribution in [3.8, 4) is 22.9 Å². The third-order valence-corrected chi connectivity index (χ3v) is 6.02. The maximum Gasteiger partial charge on any atom is 0.271 e. The van der Waals surface area contributed by atoms with E-state index < -0.39 is 16.6 Å². The number of benzene rings is 2. The second-order valence-electron chi connectivity index (χ2n) is 8.38. The lowest BCUT2D eigenvalue weighted by Crippen LogP contribution is -2.27. The Morgan fingerprint density at radius 2 is 2.16 bits per heavy atom. The van der Waals surface area contributed by atoms with Crippen LogP contribution in [0.3, 0.4) is 0 Å². The summed E-state index contributed by atoms with van der Waals surface area (Å²) in [6.45, 7) is 0.829. The average Bonchev–Trinajstić information content (AvgIpc) is 3.44. The second kappa shape index (κ2) is 10.9. The number of non-ortho nitro benzene ring substituents is 1. The number of pyridine rings is 1. The number of hydrogen-bond acceptors (Lipinski definition) is 8. The first kappa shape index (κ1) is 25.4. The van der Waals surface area contributed by atoms with Crippen LogP contribution in [0.15, 0.2) is 53.8 Å². The summed E-state index contributed by atoms with van der Waals surface area (Å²) in [4.78, 5) is 34.8. The van der Waals surface area contributed by atoms with Crippen molar-refractivity contribution in [3.05, 3.63) is 75.9 Å². The van der Waals surface area contributed by atoms with Crippen LogP contribution in [0.5, 0.6) is 5.75 Å². The molecule has 1 aliphatic rings. The zero-order valence-electron chi connectivity index (χ0n) is 20.1. The molecule has 1 N–H and O–H groups in total. The number of nitro groups is 1. The number of nitriles is 1. The van der Waals surface area contributed by atoms with Gasteiger partial charge in [-0.2, -0.15) is 5.26 Å². The maximum absolute atomic E-state index is 14.4. The van der Waals surface area contributed by atoms with Crippen molar-refractivity contribution < 1.29 is 18.8 Å². The summed E-state index contributed by atoms with van der Waals surface area (Å²) in [5.41, 5.74) is 0.911. The number of nitrogens with one attached hydrogen (secondary N) is 1. The van der Waals surface area contributed by atoms with E-state index in [1.165, 1.54) is 55.7 Å². The molecule has 188 valence electrons. The number of hydrogen-bond donors (Lipinski definition) is 1. The van der Waals surface area contributed by atoms with E-state index in [-0.39, 0.29) is 45.5 Å². The first-order chi connectivity index (χ1) is 17.8. The Morgan fingerprint density at radius 1 is 1.35 bits per heavy atom. The molecule has 11 heteroatoms. The summed E-state index contributed by atoms with van der Waals surface area (Å²) in [6, 6.07) is 9.98. The summed E-state index contributed by atoms with van der Waals surface area (Å²) in [5.74, 6) is -1.28. The van der Waals surface area contributed by atoms with Crippen molar-refractivity contribution in [2.45, 2.75) is 18.9 Å². The van der Waals surface area contributed by atoms with Crippen LogP contribution in [0.25, 0.3) is 11.1 Å². The Labute approximate surface area is 212 Å². The normalized spacial score (nSPS) is 14.9. The van der Waals surface area contributed by atoms with Crippen LogP contribution in [-0.4, -0.2) is 48.8 Å². The quantitative estimate of drug-likeness (QED) is 0.287. The zero-order valence-corrected chi connectivity index (χ0v) is 20.1. The summed E-state index contributed by atoms with van der Waals surface area (Å²) in [7, 11) is 2.77. The molecule has 1 fully saturated rings. The van der Waals surface area contributed by atoms with Crippen molar-refractivity contribution in [2.75, 3.05) is 25.6 Å². The Morgan fingerprint density at radius 3 is 2.81 bits per heavy atom. The highest BCUT2D eigenvalue weighted by Gasteiger charge is 2.26. The highest BCUT2D eigenvalue weighted by Crippen LogP contribution is 2.38. The minimum atomic E-state index is -0.663. The number of carbonyl (C=O) groups excluding carboxylic acids is 1. The SMILES string of the molecule is COc1ccc(N(C)C(=O)c2cc([N+](=O)[O-])cc(-c3cncc(C#N)c3)c2/N=C/C2CCCN2)cc1F. The molecular weight excluding hydrogens is 479 g/mol. The van der Waals surface area contributed by atoms with E-state index in [9.17, 15) is 24.6 Å². The molecule has 4 rings (SSSR count). The van der Waals surface area contributed by atoms with Gasteiger partial charge >= 0.3 is 0 Å². The molecule has 0 aliphatic carbocycles. The Hall–Kier alpha value is -4.69. The van der Waals surface area contributed by atoms with Gasteiger partial charge in [-0.15, -0.1) is 0 Å². The number of nitro benzene ring substituents is 1. The van der Waals surface area contributed by atoms with Gasteiger partial charge in [0.1, 0.15) is 6.07 Å². The largest absolute Gasteiger partial charge is 0.494 e. The van der Waals surface area contributed by atoms with E-state index in [1.54, 1.807) is 6.21 Å².